The van der Waals surface area contributed by atoms with Gasteiger partial charge < -0.3 is 15.5 Å². The van der Waals surface area contributed by atoms with Gasteiger partial charge in [-0.2, -0.15) is 0 Å². The van der Waals surface area contributed by atoms with Crippen molar-refractivity contribution in [2.45, 2.75) is 289 Å². The van der Waals surface area contributed by atoms with Gasteiger partial charge in [-0.05, 0) is 83.5 Å². The Morgan fingerprint density at radius 3 is 0.942 bits per heavy atom. The Bertz CT molecular complexity index is 1310. The lowest BCUT2D eigenvalue weighted by atomic mass is 10.0. The number of carbonyl (C=O) groups excluding carboxylic acids is 1. The van der Waals surface area contributed by atoms with E-state index >= 15 is 0 Å². The summed E-state index contributed by atoms with van der Waals surface area (Å²) >= 11 is 0. The molecular weight excluding hydrogens is 843 g/mol. The zero-order valence-electron chi connectivity index (χ0n) is 45.5. The van der Waals surface area contributed by atoms with Crippen LogP contribution in [0.15, 0.2) is 109 Å². The number of nitrogens with one attached hydrogen (secondary N) is 1. The van der Waals surface area contributed by atoms with Crippen LogP contribution in [0.4, 0.5) is 0 Å². The molecular formula is C65H113NO3. The highest BCUT2D eigenvalue weighted by Gasteiger charge is 2.20. The first-order valence-electron chi connectivity index (χ1n) is 29.6. The fraction of sp³-hybridized carbons (Fsp3) is 0.708. The number of allylic oxidation sites excluding steroid dienone is 18. The summed E-state index contributed by atoms with van der Waals surface area (Å²) in [6.07, 6.45) is 89.4. The van der Waals surface area contributed by atoms with Crippen molar-refractivity contribution in [3.05, 3.63) is 109 Å². The molecule has 3 N–H and O–H groups in total. The van der Waals surface area contributed by atoms with Gasteiger partial charge in [0.1, 0.15) is 0 Å². The molecule has 0 spiro atoms. The summed E-state index contributed by atoms with van der Waals surface area (Å²) in [5.74, 6) is -0.0646. The monoisotopic (exact) mass is 956 g/mol. The zero-order chi connectivity index (χ0) is 49.9. The molecule has 0 radical (unpaired) electrons. The molecule has 396 valence electrons. The fourth-order valence-corrected chi connectivity index (χ4v) is 8.59. The first-order valence-corrected chi connectivity index (χ1v) is 29.6. The van der Waals surface area contributed by atoms with E-state index in [2.05, 4.69) is 129 Å². The highest BCUT2D eigenvalue weighted by Crippen LogP contribution is 2.17. The largest absolute Gasteiger partial charge is 0.394 e. The van der Waals surface area contributed by atoms with E-state index in [0.29, 0.717) is 12.8 Å². The molecule has 2 atom stereocenters. The summed E-state index contributed by atoms with van der Waals surface area (Å²) in [7, 11) is 0. The van der Waals surface area contributed by atoms with Crippen molar-refractivity contribution in [3.8, 4) is 0 Å². The van der Waals surface area contributed by atoms with Crippen LogP contribution in [0.25, 0.3) is 0 Å². The maximum atomic E-state index is 12.5. The average molecular weight is 957 g/mol. The van der Waals surface area contributed by atoms with Crippen LogP contribution >= 0.6 is 0 Å². The third-order valence-electron chi connectivity index (χ3n) is 13.0. The van der Waals surface area contributed by atoms with Gasteiger partial charge in [0.05, 0.1) is 18.8 Å². The highest BCUT2D eigenvalue weighted by molar-refractivity contribution is 5.76. The number of aliphatic hydroxyl groups is 2. The van der Waals surface area contributed by atoms with Gasteiger partial charge in [-0.25, -0.2) is 0 Å². The van der Waals surface area contributed by atoms with E-state index in [4.69, 9.17) is 0 Å². The van der Waals surface area contributed by atoms with Crippen molar-refractivity contribution in [2.24, 2.45) is 0 Å². The topological polar surface area (TPSA) is 69.6 Å². The minimum absolute atomic E-state index is 0.0646. The lowest BCUT2D eigenvalue weighted by molar-refractivity contribution is -0.123. The number of carbonyl (C=O) groups is 1. The van der Waals surface area contributed by atoms with E-state index in [0.717, 1.165) is 96.3 Å². The third-order valence-corrected chi connectivity index (χ3v) is 13.0. The number of hydrogen-bond donors (Lipinski definition) is 3. The predicted molar refractivity (Wildman–Crippen MR) is 308 cm³/mol. The van der Waals surface area contributed by atoms with Crippen LogP contribution < -0.4 is 5.32 Å². The fourth-order valence-electron chi connectivity index (χ4n) is 8.59. The molecule has 0 heterocycles. The first-order chi connectivity index (χ1) is 34.2. The summed E-state index contributed by atoms with van der Waals surface area (Å²) in [5, 5.41) is 23.3. The molecule has 69 heavy (non-hydrogen) atoms. The smallest absolute Gasteiger partial charge is 0.220 e. The Morgan fingerprint density at radius 1 is 0.362 bits per heavy atom. The van der Waals surface area contributed by atoms with Crippen molar-refractivity contribution < 1.29 is 15.0 Å². The van der Waals surface area contributed by atoms with E-state index in [9.17, 15) is 15.0 Å². The summed E-state index contributed by atoms with van der Waals surface area (Å²) in [5.41, 5.74) is 0. The maximum Gasteiger partial charge on any atom is 0.220 e. The Hall–Kier alpha value is -2.95. The quantitative estimate of drug-likeness (QED) is 0.0420. The van der Waals surface area contributed by atoms with Gasteiger partial charge in [0.25, 0.3) is 0 Å². The van der Waals surface area contributed by atoms with Crippen LogP contribution in [0.1, 0.15) is 277 Å². The first kappa shape index (κ1) is 66.0. The van der Waals surface area contributed by atoms with Crippen molar-refractivity contribution in [2.75, 3.05) is 6.61 Å². The Kier molecular flexibility index (Phi) is 56.8. The van der Waals surface area contributed by atoms with Gasteiger partial charge in [0, 0.05) is 6.42 Å². The second kappa shape index (κ2) is 59.4. The zero-order valence-corrected chi connectivity index (χ0v) is 45.5. The predicted octanol–water partition coefficient (Wildman–Crippen LogP) is 19.9. The molecule has 0 aromatic heterocycles. The minimum Gasteiger partial charge on any atom is -0.394 e. The summed E-state index contributed by atoms with van der Waals surface area (Å²) in [4.78, 5) is 12.5. The third kappa shape index (κ3) is 55.8. The molecule has 0 rings (SSSR count). The van der Waals surface area contributed by atoms with Gasteiger partial charge in [0.2, 0.25) is 5.91 Å². The van der Waals surface area contributed by atoms with Crippen LogP contribution in [0.5, 0.6) is 0 Å². The highest BCUT2D eigenvalue weighted by atomic mass is 16.3. The van der Waals surface area contributed by atoms with Crippen molar-refractivity contribution in [1.29, 1.82) is 0 Å². The van der Waals surface area contributed by atoms with Crippen LogP contribution in [0, 0.1) is 0 Å². The van der Waals surface area contributed by atoms with E-state index in [1.807, 2.05) is 0 Å². The second-order valence-corrected chi connectivity index (χ2v) is 19.7. The molecule has 4 nitrogen and oxygen atoms in total. The van der Waals surface area contributed by atoms with Gasteiger partial charge in [-0.15, -0.1) is 0 Å². The summed E-state index contributed by atoms with van der Waals surface area (Å²) in [6.45, 7) is 4.25. The molecule has 0 saturated heterocycles. The van der Waals surface area contributed by atoms with Crippen molar-refractivity contribution >= 4 is 5.91 Å². The molecule has 0 aromatic carbocycles. The minimum atomic E-state index is -0.683. The van der Waals surface area contributed by atoms with Crippen molar-refractivity contribution in [3.63, 3.8) is 0 Å². The van der Waals surface area contributed by atoms with E-state index in [1.165, 1.54) is 154 Å². The molecule has 0 bridgehead atoms. The van der Waals surface area contributed by atoms with Crippen LogP contribution in [-0.2, 0) is 4.79 Å². The van der Waals surface area contributed by atoms with E-state index in [-0.39, 0.29) is 12.5 Å². The Labute approximate surface area is 429 Å². The molecule has 0 aromatic rings. The number of aliphatic hydroxyl groups excluding tert-OH is 2. The molecule has 0 aliphatic heterocycles. The standard InChI is InChI=1S/C65H113NO3/c1-3-5-7-9-11-13-15-17-19-21-23-25-27-29-31-32-33-34-35-37-39-41-43-45-47-49-51-53-55-57-59-61-65(69)66-63(62-67)64(68)60-58-56-54-52-50-48-46-44-42-40-38-36-30-28-26-24-22-20-18-16-14-12-10-8-6-4-2/h5,7,11,13,17,19,23,25,29,31,33-34,37,39,43,45,49,51,63-64,67-68H,3-4,6,8-10,12,14-16,18,20-22,24,26-28,30,32,35-36,38,40-42,44,46-48,50,52-62H2,1-2H3,(H,66,69)/b7-5-,13-11-,19-17-,25-23-,31-29-,34-33-,39-37-,45-43-,51-49-. The van der Waals surface area contributed by atoms with Crippen LogP contribution in [0.2, 0.25) is 0 Å². The van der Waals surface area contributed by atoms with Gasteiger partial charge in [-0.1, -0.05) is 297 Å². The molecule has 0 aliphatic carbocycles. The molecule has 1 amide bonds. The second-order valence-electron chi connectivity index (χ2n) is 19.7. The number of hydrogen-bond acceptors (Lipinski definition) is 3. The van der Waals surface area contributed by atoms with Gasteiger partial charge in [0.15, 0.2) is 0 Å². The molecule has 0 aliphatic rings. The van der Waals surface area contributed by atoms with Crippen LogP contribution in [0.3, 0.4) is 0 Å². The lowest BCUT2D eigenvalue weighted by Gasteiger charge is -2.22. The summed E-state index contributed by atoms with van der Waals surface area (Å²) < 4.78 is 0. The van der Waals surface area contributed by atoms with E-state index in [1.54, 1.807) is 0 Å². The molecule has 2 unspecified atom stereocenters. The average Bonchev–Trinajstić information content (AvgIpc) is 3.35. The molecule has 4 heteroatoms. The Morgan fingerprint density at radius 2 is 0.638 bits per heavy atom. The van der Waals surface area contributed by atoms with E-state index < -0.39 is 12.1 Å². The number of unbranched alkanes of at least 4 members (excludes halogenated alkanes) is 28. The Balaban J connectivity index is 3.60. The number of rotatable bonds is 53. The number of amides is 1. The molecule has 0 fully saturated rings. The lowest BCUT2D eigenvalue weighted by Crippen LogP contribution is -2.45. The normalized spacial score (nSPS) is 13.6. The summed E-state index contributed by atoms with van der Waals surface area (Å²) in [6, 6.07) is -0.564. The van der Waals surface area contributed by atoms with Crippen molar-refractivity contribution in [1.82, 2.24) is 5.32 Å². The van der Waals surface area contributed by atoms with Crippen LogP contribution in [-0.4, -0.2) is 34.9 Å². The SMILES string of the molecule is CC/C=C\C/C=C\C/C=C\C/C=C\C/C=C\C/C=C\C/C=C\C/C=C\C/C=C\CCCCCC(=O)NC(CO)C(O)CCCCCCCCCCCCCCCCCCCCCCCCCCCC. The van der Waals surface area contributed by atoms with Gasteiger partial charge in [-0.3, -0.25) is 4.79 Å². The van der Waals surface area contributed by atoms with Gasteiger partial charge >= 0.3 is 0 Å². The molecule has 0 saturated carbocycles. The maximum absolute atomic E-state index is 12.5.